The van der Waals surface area contributed by atoms with Crippen molar-refractivity contribution < 1.29 is 24.4 Å². The monoisotopic (exact) mass is 490 g/mol. The minimum Gasteiger partial charge on any atom is -0.507 e. The zero-order valence-corrected chi connectivity index (χ0v) is 19.7. The van der Waals surface area contributed by atoms with Gasteiger partial charge in [-0.05, 0) is 54.8 Å². The van der Waals surface area contributed by atoms with Crippen LogP contribution in [0.4, 0.5) is 5.69 Å². The molecule has 10 heteroatoms. The van der Waals surface area contributed by atoms with Crippen LogP contribution in [0.3, 0.4) is 0 Å². The van der Waals surface area contributed by atoms with Crippen molar-refractivity contribution in [1.82, 2.24) is 14.5 Å². The van der Waals surface area contributed by atoms with Gasteiger partial charge in [0.15, 0.2) is 0 Å². The predicted molar refractivity (Wildman–Crippen MR) is 131 cm³/mol. The molecule has 2 aromatic carbocycles. The lowest BCUT2D eigenvalue weighted by Gasteiger charge is -2.25. The molecule has 1 aliphatic heterocycles. The van der Waals surface area contributed by atoms with E-state index >= 15 is 0 Å². The average molecular weight is 491 g/mol. The molecular formula is C26H26N4O6. The summed E-state index contributed by atoms with van der Waals surface area (Å²) in [7, 11) is 0. The van der Waals surface area contributed by atoms with Gasteiger partial charge in [0, 0.05) is 43.2 Å². The highest BCUT2D eigenvalue weighted by molar-refractivity contribution is 6.46. The van der Waals surface area contributed by atoms with Gasteiger partial charge in [0.1, 0.15) is 11.5 Å². The van der Waals surface area contributed by atoms with Crippen molar-refractivity contribution in [3.63, 3.8) is 0 Å². The number of carbonyl (C=O) groups excluding carboxylic acids is 2. The van der Waals surface area contributed by atoms with Gasteiger partial charge in [-0.1, -0.05) is 6.92 Å². The first-order chi connectivity index (χ1) is 17.4. The molecule has 1 aliphatic rings. The summed E-state index contributed by atoms with van der Waals surface area (Å²) in [5.74, 6) is -1.21. The van der Waals surface area contributed by atoms with E-state index in [9.17, 15) is 24.8 Å². The SMILES string of the molecule is CCCOc1ccc(/C(O)=C2\C(=O)C(=O)N(CCCn3ccnc3)[C@@H]2c2ccc([N+](=O)[O-])cc2)cc1. The number of non-ortho nitro benzene ring substituents is 1. The molecule has 186 valence electrons. The molecule has 0 saturated carbocycles. The number of carbonyl (C=O) groups is 2. The Bertz CT molecular complexity index is 1270. The summed E-state index contributed by atoms with van der Waals surface area (Å²) in [6.07, 6.45) is 6.50. The number of ether oxygens (including phenoxy) is 1. The number of likely N-dealkylation sites (tertiary alicyclic amines) is 1. The highest BCUT2D eigenvalue weighted by Gasteiger charge is 2.45. The molecule has 10 nitrogen and oxygen atoms in total. The lowest BCUT2D eigenvalue weighted by atomic mass is 9.95. The van der Waals surface area contributed by atoms with E-state index in [1.165, 1.54) is 29.2 Å². The van der Waals surface area contributed by atoms with E-state index in [0.29, 0.717) is 36.4 Å². The molecule has 4 rings (SSSR count). The number of aliphatic hydroxyl groups excluding tert-OH is 1. The summed E-state index contributed by atoms with van der Waals surface area (Å²) in [5.41, 5.74) is 0.686. The first-order valence-corrected chi connectivity index (χ1v) is 11.6. The fourth-order valence-electron chi connectivity index (χ4n) is 4.16. The van der Waals surface area contributed by atoms with Crippen LogP contribution < -0.4 is 4.74 Å². The molecule has 1 saturated heterocycles. The summed E-state index contributed by atoms with van der Waals surface area (Å²) in [6.45, 7) is 3.36. The van der Waals surface area contributed by atoms with Gasteiger partial charge in [0.05, 0.1) is 29.5 Å². The minimum absolute atomic E-state index is 0.0567. The van der Waals surface area contributed by atoms with Crippen LogP contribution in [0.5, 0.6) is 5.75 Å². The summed E-state index contributed by atoms with van der Waals surface area (Å²) in [5, 5.41) is 22.3. The van der Waals surface area contributed by atoms with E-state index in [1.807, 2.05) is 11.5 Å². The maximum Gasteiger partial charge on any atom is 0.295 e. The van der Waals surface area contributed by atoms with Crippen molar-refractivity contribution in [1.29, 1.82) is 0 Å². The minimum atomic E-state index is -0.885. The van der Waals surface area contributed by atoms with Gasteiger partial charge >= 0.3 is 0 Å². The van der Waals surface area contributed by atoms with Gasteiger partial charge in [0.2, 0.25) is 0 Å². The van der Waals surface area contributed by atoms with Crippen molar-refractivity contribution in [2.75, 3.05) is 13.2 Å². The van der Waals surface area contributed by atoms with E-state index in [0.717, 1.165) is 6.42 Å². The summed E-state index contributed by atoms with van der Waals surface area (Å²) >= 11 is 0. The van der Waals surface area contributed by atoms with Gasteiger partial charge in [-0.3, -0.25) is 19.7 Å². The van der Waals surface area contributed by atoms with Crippen molar-refractivity contribution in [2.45, 2.75) is 32.4 Å². The number of nitro groups is 1. The molecule has 2 heterocycles. The lowest BCUT2D eigenvalue weighted by molar-refractivity contribution is -0.384. The first kappa shape index (κ1) is 24.6. The number of benzene rings is 2. The Morgan fingerprint density at radius 3 is 2.44 bits per heavy atom. The zero-order valence-electron chi connectivity index (χ0n) is 19.7. The Kier molecular flexibility index (Phi) is 7.43. The van der Waals surface area contributed by atoms with Crippen LogP contribution in [0.1, 0.15) is 36.9 Å². The van der Waals surface area contributed by atoms with E-state index in [2.05, 4.69) is 4.98 Å². The second-order valence-corrected chi connectivity index (χ2v) is 8.37. The van der Waals surface area contributed by atoms with Crippen LogP contribution in [0.25, 0.3) is 5.76 Å². The molecule has 1 fully saturated rings. The van der Waals surface area contributed by atoms with Crippen LogP contribution in [-0.4, -0.2) is 49.3 Å². The number of aromatic nitrogens is 2. The van der Waals surface area contributed by atoms with Crippen LogP contribution in [0.2, 0.25) is 0 Å². The third-order valence-corrected chi connectivity index (χ3v) is 5.93. The largest absolute Gasteiger partial charge is 0.507 e. The summed E-state index contributed by atoms with van der Waals surface area (Å²) in [6, 6.07) is 11.4. The fourth-order valence-corrected chi connectivity index (χ4v) is 4.16. The third kappa shape index (κ3) is 5.12. The third-order valence-electron chi connectivity index (χ3n) is 5.93. The maximum absolute atomic E-state index is 13.1. The van der Waals surface area contributed by atoms with Gasteiger partial charge in [-0.25, -0.2) is 4.98 Å². The topological polar surface area (TPSA) is 128 Å². The number of amides is 1. The Labute approximate surface area is 207 Å². The number of hydrogen-bond acceptors (Lipinski definition) is 7. The van der Waals surface area contributed by atoms with Gasteiger partial charge < -0.3 is 19.3 Å². The lowest BCUT2D eigenvalue weighted by Crippen LogP contribution is -2.31. The van der Waals surface area contributed by atoms with Crippen molar-refractivity contribution in [2.24, 2.45) is 0 Å². The normalized spacial score (nSPS) is 16.9. The number of Topliss-reactive ketones (excluding diaryl/α,β-unsaturated/α-hetero) is 1. The summed E-state index contributed by atoms with van der Waals surface area (Å²) in [4.78, 5) is 42.2. The Morgan fingerprint density at radius 2 is 1.83 bits per heavy atom. The number of aryl methyl sites for hydroxylation is 1. The zero-order chi connectivity index (χ0) is 25.7. The van der Waals surface area contributed by atoms with Crippen LogP contribution in [-0.2, 0) is 16.1 Å². The molecule has 3 aromatic rings. The highest BCUT2D eigenvalue weighted by Crippen LogP contribution is 2.40. The molecule has 0 unspecified atom stereocenters. The molecule has 1 aromatic heterocycles. The number of hydrogen-bond donors (Lipinski definition) is 1. The van der Waals surface area contributed by atoms with E-state index in [1.54, 1.807) is 43.0 Å². The molecule has 36 heavy (non-hydrogen) atoms. The maximum atomic E-state index is 13.1. The van der Waals surface area contributed by atoms with Crippen molar-refractivity contribution in [3.05, 3.63) is 94.1 Å². The number of rotatable bonds is 10. The van der Waals surface area contributed by atoms with Crippen molar-refractivity contribution in [3.8, 4) is 5.75 Å². The van der Waals surface area contributed by atoms with E-state index in [-0.39, 0.29) is 23.6 Å². The number of ketones is 1. The second-order valence-electron chi connectivity index (χ2n) is 8.37. The number of nitrogens with zero attached hydrogens (tertiary/aromatic N) is 4. The molecule has 1 atom stereocenters. The highest BCUT2D eigenvalue weighted by atomic mass is 16.6. The molecule has 0 radical (unpaired) electrons. The quantitative estimate of drug-likeness (QED) is 0.149. The Hall–Kier alpha value is -4.47. The molecule has 0 aliphatic carbocycles. The second kappa shape index (κ2) is 10.9. The van der Waals surface area contributed by atoms with Crippen molar-refractivity contribution >= 4 is 23.1 Å². The standard InChI is InChI=1S/C26H26N4O6/c1-2-16-36-21-10-6-19(7-11-21)24(31)22-23(18-4-8-20(9-5-18)30(34)35)29(26(33)25(22)32)14-3-13-28-15-12-27-17-28/h4-12,15,17,23,31H,2-3,13-14,16H2,1H3/b24-22+/t23-/m1/s1. The fraction of sp³-hybridized carbons (Fsp3) is 0.269. The molecule has 0 bridgehead atoms. The first-order valence-electron chi connectivity index (χ1n) is 11.6. The molecule has 1 N–H and O–H groups in total. The Morgan fingerprint density at radius 1 is 1.11 bits per heavy atom. The number of imidazole rings is 1. The van der Waals surface area contributed by atoms with Crippen LogP contribution >= 0.6 is 0 Å². The average Bonchev–Trinajstić information content (AvgIpc) is 3.50. The number of nitro benzene ring substituents is 1. The number of aliphatic hydroxyl groups is 1. The van der Waals surface area contributed by atoms with Gasteiger partial charge in [-0.15, -0.1) is 0 Å². The van der Waals surface area contributed by atoms with E-state index < -0.39 is 22.7 Å². The van der Waals surface area contributed by atoms with Gasteiger partial charge in [0.25, 0.3) is 17.4 Å². The summed E-state index contributed by atoms with van der Waals surface area (Å²) < 4.78 is 7.44. The van der Waals surface area contributed by atoms with Crippen LogP contribution in [0, 0.1) is 10.1 Å². The molecule has 0 spiro atoms. The molecule has 1 amide bonds. The molecular weight excluding hydrogens is 464 g/mol. The smallest absolute Gasteiger partial charge is 0.295 e. The van der Waals surface area contributed by atoms with E-state index in [4.69, 9.17) is 4.74 Å². The van der Waals surface area contributed by atoms with Gasteiger partial charge in [-0.2, -0.15) is 0 Å². The predicted octanol–water partition coefficient (Wildman–Crippen LogP) is 4.09. The Balaban J connectivity index is 1.70. The van der Waals surface area contributed by atoms with Crippen LogP contribution in [0.15, 0.2) is 72.8 Å².